The predicted octanol–water partition coefficient (Wildman–Crippen LogP) is 4.57. The Bertz CT molecular complexity index is 1050. The first-order chi connectivity index (χ1) is 13.0. The Labute approximate surface area is 158 Å². The smallest absolute Gasteiger partial charge is 0.294 e. The number of aliphatic hydroxyl groups is 1. The summed E-state index contributed by atoms with van der Waals surface area (Å²) in [5, 5.41) is 12.2. The summed E-state index contributed by atoms with van der Waals surface area (Å²) in [6.07, 6.45) is 0. The number of aryl methyl sites for hydroxylation is 1. The lowest BCUT2D eigenvalue weighted by atomic mass is 10.00. The predicted molar refractivity (Wildman–Crippen MR) is 98.4 cm³/mol. The van der Waals surface area contributed by atoms with Crippen LogP contribution < -0.4 is 4.90 Å². The first-order valence-corrected chi connectivity index (χ1v) is 9.02. The molecule has 5 nitrogen and oxygen atoms in total. The number of amides is 1. The average molecular weight is 383 g/mol. The van der Waals surface area contributed by atoms with Crippen LogP contribution in [0.25, 0.3) is 0 Å². The molecule has 3 heterocycles. The molecular formula is C20H14FNO4S. The molecule has 3 aromatic rings. The molecule has 0 spiro atoms. The molecule has 0 bridgehead atoms. The third-order valence-corrected chi connectivity index (χ3v) is 5.20. The van der Waals surface area contributed by atoms with Crippen molar-refractivity contribution in [1.82, 2.24) is 0 Å². The molecule has 27 heavy (non-hydrogen) atoms. The van der Waals surface area contributed by atoms with Gasteiger partial charge in [0.2, 0.25) is 5.78 Å². The van der Waals surface area contributed by atoms with Gasteiger partial charge in [-0.1, -0.05) is 6.07 Å². The number of Topliss-reactive ketones (excluding diaryl/α,β-unsaturated/α-hetero) is 1. The highest BCUT2D eigenvalue weighted by atomic mass is 32.1. The summed E-state index contributed by atoms with van der Waals surface area (Å²) in [5.41, 5.74) is 0.294. The average Bonchev–Trinajstić information content (AvgIpc) is 3.37. The van der Waals surface area contributed by atoms with E-state index in [2.05, 4.69) is 0 Å². The second-order valence-electron chi connectivity index (χ2n) is 6.07. The van der Waals surface area contributed by atoms with E-state index in [1.165, 1.54) is 40.5 Å². The number of nitrogens with zero attached hydrogens (tertiary/aromatic N) is 1. The van der Waals surface area contributed by atoms with Crippen LogP contribution in [0.3, 0.4) is 0 Å². The number of hydrogen-bond acceptors (Lipinski definition) is 5. The Morgan fingerprint density at radius 2 is 1.93 bits per heavy atom. The third-order valence-electron chi connectivity index (χ3n) is 4.33. The van der Waals surface area contributed by atoms with Crippen LogP contribution in [0.4, 0.5) is 10.1 Å². The summed E-state index contributed by atoms with van der Waals surface area (Å²) in [6.45, 7) is 1.74. The van der Waals surface area contributed by atoms with Gasteiger partial charge in [0.25, 0.3) is 5.91 Å². The monoisotopic (exact) mass is 383 g/mol. The highest BCUT2D eigenvalue weighted by molar-refractivity contribution is 7.12. The van der Waals surface area contributed by atoms with Crippen molar-refractivity contribution in [2.24, 2.45) is 0 Å². The minimum atomic E-state index is -0.939. The molecule has 1 atom stereocenters. The maximum atomic E-state index is 13.3. The summed E-state index contributed by atoms with van der Waals surface area (Å²) in [5.74, 6) is -1.32. The van der Waals surface area contributed by atoms with Gasteiger partial charge in [0, 0.05) is 5.69 Å². The number of carbonyl (C=O) groups excluding carboxylic acids is 2. The molecule has 1 amide bonds. The summed E-state index contributed by atoms with van der Waals surface area (Å²) >= 11 is 1.22. The van der Waals surface area contributed by atoms with Gasteiger partial charge >= 0.3 is 0 Å². The molecule has 0 saturated heterocycles. The maximum Gasteiger partial charge on any atom is 0.294 e. The van der Waals surface area contributed by atoms with Crippen molar-refractivity contribution in [1.29, 1.82) is 0 Å². The second-order valence-corrected chi connectivity index (χ2v) is 7.02. The van der Waals surface area contributed by atoms with E-state index in [9.17, 15) is 19.1 Å². The molecule has 1 aliphatic rings. The lowest BCUT2D eigenvalue weighted by molar-refractivity contribution is -0.117. The molecule has 0 radical (unpaired) electrons. The first-order valence-electron chi connectivity index (χ1n) is 8.14. The van der Waals surface area contributed by atoms with Crippen molar-refractivity contribution >= 4 is 28.7 Å². The van der Waals surface area contributed by atoms with Crippen LogP contribution in [0, 0.1) is 12.7 Å². The number of carbonyl (C=O) groups is 2. The zero-order valence-electron chi connectivity index (χ0n) is 14.2. The number of benzene rings is 1. The van der Waals surface area contributed by atoms with Crippen LogP contribution in [-0.4, -0.2) is 16.8 Å². The van der Waals surface area contributed by atoms with Gasteiger partial charge in [0.15, 0.2) is 5.76 Å². The number of halogens is 1. The minimum absolute atomic E-state index is 0.0545. The lowest BCUT2D eigenvalue weighted by Crippen LogP contribution is -2.30. The summed E-state index contributed by atoms with van der Waals surface area (Å²) in [4.78, 5) is 27.4. The number of aliphatic hydroxyl groups excluding tert-OH is 1. The summed E-state index contributed by atoms with van der Waals surface area (Å²) < 4.78 is 19.0. The molecule has 1 unspecified atom stereocenters. The highest BCUT2D eigenvalue weighted by Crippen LogP contribution is 2.42. The van der Waals surface area contributed by atoms with E-state index in [0.29, 0.717) is 22.1 Å². The fourth-order valence-corrected chi connectivity index (χ4v) is 3.79. The van der Waals surface area contributed by atoms with Crippen molar-refractivity contribution in [3.05, 3.63) is 87.5 Å². The largest absolute Gasteiger partial charge is 0.503 e. The van der Waals surface area contributed by atoms with Crippen LogP contribution in [0.1, 0.15) is 27.2 Å². The van der Waals surface area contributed by atoms with Crippen molar-refractivity contribution in [3.8, 4) is 0 Å². The molecule has 136 valence electrons. The molecule has 1 N–H and O–H groups in total. The maximum absolute atomic E-state index is 13.3. The van der Waals surface area contributed by atoms with Crippen LogP contribution in [0.15, 0.2) is 69.7 Å². The molecule has 1 aliphatic heterocycles. The number of ketones is 1. The minimum Gasteiger partial charge on any atom is -0.503 e. The van der Waals surface area contributed by atoms with E-state index in [-0.39, 0.29) is 5.57 Å². The van der Waals surface area contributed by atoms with Crippen LogP contribution in [0.2, 0.25) is 0 Å². The number of anilines is 1. The first kappa shape index (κ1) is 17.2. The van der Waals surface area contributed by atoms with Gasteiger partial charge in [-0.15, -0.1) is 11.3 Å². The molecular weight excluding hydrogens is 369 g/mol. The fraction of sp³-hybridized carbons (Fsp3) is 0.100. The van der Waals surface area contributed by atoms with Crippen molar-refractivity contribution in [2.75, 3.05) is 4.90 Å². The van der Waals surface area contributed by atoms with Gasteiger partial charge < -0.3 is 9.52 Å². The summed E-state index contributed by atoms with van der Waals surface area (Å²) in [7, 11) is 0. The topological polar surface area (TPSA) is 70.8 Å². The molecule has 2 aromatic heterocycles. The van der Waals surface area contributed by atoms with Crippen molar-refractivity contribution in [3.63, 3.8) is 0 Å². The Balaban J connectivity index is 1.87. The number of thiophene rings is 1. The second kappa shape index (κ2) is 6.51. The van der Waals surface area contributed by atoms with Gasteiger partial charge in [0.05, 0.1) is 10.5 Å². The lowest BCUT2D eigenvalue weighted by Gasteiger charge is -2.24. The van der Waals surface area contributed by atoms with Gasteiger partial charge in [-0.3, -0.25) is 14.5 Å². The van der Waals surface area contributed by atoms with E-state index in [1.807, 2.05) is 0 Å². The van der Waals surface area contributed by atoms with Gasteiger partial charge in [-0.05, 0) is 54.8 Å². The van der Waals surface area contributed by atoms with E-state index in [1.54, 1.807) is 36.6 Å². The van der Waals surface area contributed by atoms with Crippen molar-refractivity contribution in [2.45, 2.75) is 13.0 Å². The normalized spacial score (nSPS) is 17.0. The van der Waals surface area contributed by atoms with E-state index in [0.717, 1.165) is 0 Å². The SMILES string of the molecule is Cc1ccc(C2C(C(=O)c3cccs3)=C(O)C(=O)N2c2ccc(F)cc2)o1. The molecule has 0 aliphatic carbocycles. The van der Waals surface area contributed by atoms with Gasteiger partial charge in [0.1, 0.15) is 23.4 Å². The highest BCUT2D eigenvalue weighted by Gasteiger charge is 2.46. The van der Waals surface area contributed by atoms with E-state index >= 15 is 0 Å². The van der Waals surface area contributed by atoms with E-state index in [4.69, 9.17) is 4.42 Å². The number of hydrogen-bond donors (Lipinski definition) is 1. The number of rotatable bonds is 4. The standard InChI is InChI=1S/C20H14FNO4S/c1-11-4-9-14(26-11)17-16(18(23)15-3-2-10-27-15)19(24)20(25)22(17)13-7-5-12(21)6-8-13/h2-10,17,24H,1H3. The quantitative estimate of drug-likeness (QED) is 0.670. The fourth-order valence-electron chi connectivity index (χ4n) is 3.12. The Morgan fingerprint density at radius 1 is 1.19 bits per heavy atom. The Morgan fingerprint density at radius 3 is 2.52 bits per heavy atom. The third kappa shape index (κ3) is 2.86. The van der Waals surface area contributed by atoms with Crippen LogP contribution >= 0.6 is 11.3 Å². The number of furan rings is 1. The molecule has 7 heteroatoms. The van der Waals surface area contributed by atoms with Crippen LogP contribution in [-0.2, 0) is 4.79 Å². The van der Waals surface area contributed by atoms with Crippen molar-refractivity contribution < 1.29 is 23.5 Å². The Kier molecular flexibility index (Phi) is 4.16. The van der Waals surface area contributed by atoms with Gasteiger partial charge in [-0.25, -0.2) is 4.39 Å². The Hall–Kier alpha value is -3.19. The molecule has 4 rings (SSSR count). The van der Waals surface area contributed by atoms with E-state index < -0.39 is 29.3 Å². The van der Waals surface area contributed by atoms with Gasteiger partial charge in [-0.2, -0.15) is 0 Å². The molecule has 1 aromatic carbocycles. The van der Waals surface area contributed by atoms with Crippen LogP contribution in [0.5, 0.6) is 0 Å². The zero-order valence-corrected chi connectivity index (χ0v) is 15.0. The summed E-state index contributed by atoms with van der Waals surface area (Å²) in [6, 6.07) is 11.0. The molecule has 0 saturated carbocycles. The zero-order chi connectivity index (χ0) is 19.1. The molecule has 0 fully saturated rings.